The second-order valence-corrected chi connectivity index (χ2v) is 4.04. The lowest BCUT2D eigenvalue weighted by Gasteiger charge is -2.10. The Bertz CT molecular complexity index is 217. The molecule has 0 fully saturated rings. The fourth-order valence-corrected chi connectivity index (χ4v) is 0.937. The van der Waals surface area contributed by atoms with Gasteiger partial charge in [-0.15, -0.1) is 0 Å². The topological polar surface area (TPSA) is 127 Å². The Labute approximate surface area is 100 Å². The van der Waals surface area contributed by atoms with E-state index in [0.29, 0.717) is 12.1 Å². The lowest BCUT2D eigenvalue weighted by atomic mass is 10.2. The molecule has 0 bridgehead atoms. The van der Waals surface area contributed by atoms with E-state index in [9.17, 15) is 9.59 Å². The molecule has 2 atom stereocenters. The Morgan fingerprint density at radius 2 is 1.06 bits per heavy atom. The quantitative estimate of drug-likeness (QED) is 0.436. The van der Waals surface area contributed by atoms with Crippen LogP contribution in [0.1, 0.15) is 27.7 Å². The van der Waals surface area contributed by atoms with Gasteiger partial charge in [0.1, 0.15) is 0 Å². The monoisotopic (exact) mass is 251 g/mol. The number of carboxylic acids is 2. The predicted octanol–water partition coefficient (Wildman–Crippen LogP) is -0.730. The Morgan fingerprint density at radius 3 is 1.12 bits per heavy atom. The summed E-state index contributed by atoms with van der Waals surface area (Å²) >= 11 is 0. The molecule has 0 aliphatic carbocycles. The molecule has 0 heterocycles. The minimum absolute atomic E-state index is 0.625. The number of nitrogens with one attached hydrogen (secondary N) is 1. The Morgan fingerprint density at radius 1 is 0.824 bits per heavy atom. The number of carboxylic acid groups (broad SMARTS) is 2. The van der Waals surface area contributed by atoms with Crippen molar-refractivity contribution in [3.8, 4) is 0 Å². The van der Waals surface area contributed by atoms with E-state index in [0.717, 1.165) is 0 Å². The van der Waals surface area contributed by atoms with Crippen LogP contribution in [0.5, 0.6) is 0 Å². The van der Waals surface area contributed by atoms with Crippen LogP contribution in [-0.2, 0) is 9.59 Å². The normalized spacial score (nSPS) is 13.9. The van der Waals surface area contributed by atoms with Crippen molar-refractivity contribution in [2.24, 2.45) is 0 Å². The van der Waals surface area contributed by atoms with Crippen molar-refractivity contribution in [3.05, 3.63) is 0 Å². The summed E-state index contributed by atoms with van der Waals surface area (Å²) < 4.78 is 0. The minimum Gasteiger partial charge on any atom is -0.479 e. The molecule has 7 nitrogen and oxygen atoms in total. The van der Waals surface area contributed by atoms with E-state index in [1.165, 1.54) is 0 Å². The summed E-state index contributed by atoms with van der Waals surface area (Å²) in [5, 5.41) is 35.8. The van der Waals surface area contributed by atoms with Crippen molar-refractivity contribution < 1.29 is 30.0 Å². The van der Waals surface area contributed by atoms with Crippen molar-refractivity contribution >= 4 is 11.9 Å². The van der Waals surface area contributed by atoms with E-state index in [4.69, 9.17) is 20.4 Å². The van der Waals surface area contributed by atoms with Crippen molar-refractivity contribution in [2.45, 2.75) is 52.0 Å². The molecule has 0 saturated carbocycles. The van der Waals surface area contributed by atoms with Gasteiger partial charge in [0, 0.05) is 12.1 Å². The summed E-state index contributed by atoms with van der Waals surface area (Å²) in [4.78, 5) is 19.5. The molecule has 17 heavy (non-hydrogen) atoms. The maximum atomic E-state index is 9.77. The highest BCUT2D eigenvalue weighted by atomic mass is 16.4. The molecular weight excluding hydrogens is 230 g/mol. The first kappa shape index (κ1) is 18.2. The van der Waals surface area contributed by atoms with Gasteiger partial charge < -0.3 is 25.7 Å². The molecule has 2 unspecified atom stereocenters. The highest BCUT2D eigenvalue weighted by molar-refractivity contribution is 5.83. The average molecular weight is 251 g/mol. The number of aliphatic hydroxyl groups excluding tert-OH is 2. The third-order valence-corrected chi connectivity index (χ3v) is 1.47. The van der Waals surface area contributed by atoms with Gasteiger partial charge in [0.05, 0.1) is 0 Å². The molecule has 0 amide bonds. The van der Waals surface area contributed by atoms with E-state index in [-0.39, 0.29) is 0 Å². The van der Waals surface area contributed by atoms with Crippen molar-refractivity contribution in [3.63, 3.8) is 0 Å². The molecule has 102 valence electrons. The fraction of sp³-hybridized carbons (Fsp3) is 0.800. The molecule has 0 aromatic heterocycles. The number of carbonyl (C=O) groups is 2. The Kier molecular flexibility index (Phi) is 9.54. The summed E-state index contributed by atoms with van der Waals surface area (Å²) in [6.07, 6.45) is -4.53. The molecule has 0 saturated heterocycles. The molecule has 0 aliphatic rings. The summed E-state index contributed by atoms with van der Waals surface area (Å²) in [6, 6.07) is 1.25. The lowest BCUT2D eigenvalue weighted by Crippen LogP contribution is -2.39. The maximum Gasteiger partial charge on any atom is 0.335 e. The van der Waals surface area contributed by atoms with E-state index < -0.39 is 24.1 Å². The third kappa shape index (κ3) is 11.1. The van der Waals surface area contributed by atoms with Crippen LogP contribution >= 0.6 is 0 Å². The summed E-state index contributed by atoms with van der Waals surface area (Å²) in [5.74, 6) is -3.54. The minimum atomic E-state index is -2.27. The van der Waals surface area contributed by atoms with Crippen LogP contribution in [0.25, 0.3) is 0 Å². The van der Waals surface area contributed by atoms with Gasteiger partial charge in [-0.2, -0.15) is 0 Å². The standard InChI is InChI=1S/C6H15N.C4H6O6/c1-5(2)7-6(3)4;5-1(3(7)8)2(6)4(9)10/h5-7H,1-4H3;1-2,5-6H,(H,7,8)(H,9,10). The summed E-state index contributed by atoms with van der Waals surface area (Å²) in [7, 11) is 0. The third-order valence-electron chi connectivity index (χ3n) is 1.47. The fourth-order valence-electron chi connectivity index (χ4n) is 0.937. The highest BCUT2D eigenvalue weighted by Crippen LogP contribution is 1.92. The Balaban J connectivity index is 0. The first-order chi connectivity index (χ1) is 7.59. The molecule has 0 spiro atoms. The van der Waals surface area contributed by atoms with E-state index in [2.05, 4.69) is 33.0 Å². The number of rotatable bonds is 5. The number of aliphatic carboxylic acids is 2. The smallest absolute Gasteiger partial charge is 0.335 e. The zero-order valence-electron chi connectivity index (χ0n) is 10.4. The van der Waals surface area contributed by atoms with Crippen LogP contribution in [0.4, 0.5) is 0 Å². The largest absolute Gasteiger partial charge is 0.479 e. The lowest BCUT2D eigenvalue weighted by molar-refractivity contribution is -0.165. The van der Waals surface area contributed by atoms with Gasteiger partial charge in [-0.1, -0.05) is 27.7 Å². The van der Waals surface area contributed by atoms with Gasteiger partial charge in [0.25, 0.3) is 0 Å². The molecule has 0 rings (SSSR count). The average Bonchev–Trinajstić information content (AvgIpc) is 2.13. The Hall–Kier alpha value is -1.18. The SMILES string of the molecule is CC(C)NC(C)C.O=C(O)C(O)C(O)C(=O)O. The van der Waals surface area contributed by atoms with Crippen LogP contribution < -0.4 is 5.32 Å². The molecule has 7 heteroatoms. The van der Waals surface area contributed by atoms with E-state index in [1.807, 2.05) is 0 Å². The molecule has 0 aromatic carbocycles. The van der Waals surface area contributed by atoms with Crippen LogP contribution in [0.2, 0.25) is 0 Å². The molecule has 0 aromatic rings. The van der Waals surface area contributed by atoms with Gasteiger partial charge in [0.15, 0.2) is 12.2 Å². The van der Waals surface area contributed by atoms with Crippen LogP contribution in [0.15, 0.2) is 0 Å². The molecule has 0 radical (unpaired) electrons. The van der Waals surface area contributed by atoms with Crippen molar-refractivity contribution in [1.29, 1.82) is 0 Å². The predicted molar refractivity (Wildman–Crippen MR) is 60.7 cm³/mol. The number of hydrogen-bond acceptors (Lipinski definition) is 5. The van der Waals surface area contributed by atoms with Crippen LogP contribution in [0.3, 0.4) is 0 Å². The van der Waals surface area contributed by atoms with E-state index in [1.54, 1.807) is 0 Å². The molecule has 0 aliphatic heterocycles. The number of hydrogen-bond donors (Lipinski definition) is 5. The molecular formula is C10H21NO6. The van der Waals surface area contributed by atoms with Gasteiger partial charge >= 0.3 is 11.9 Å². The van der Waals surface area contributed by atoms with Crippen molar-refractivity contribution in [2.75, 3.05) is 0 Å². The van der Waals surface area contributed by atoms with Gasteiger partial charge in [-0.3, -0.25) is 0 Å². The van der Waals surface area contributed by atoms with Crippen molar-refractivity contribution in [1.82, 2.24) is 5.32 Å². The van der Waals surface area contributed by atoms with Crippen LogP contribution in [0, 0.1) is 0 Å². The highest BCUT2D eigenvalue weighted by Gasteiger charge is 2.29. The van der Waals surface area contributed by atoms with Gasteiger partial charge in [-0.25, -0.2) is 9.59 Å². The second-order valence-electron chi connectivity index (χ2n) is 4.04. The van der Waals surface area contributed by atoms with Gasteiger partial charge in [-0.05, 0) is 0 Å². The maximum absolute atomic E-state index is 9.77. The van der Waals surface area contributed by atoms with Crippen LogP contribution in [-0.4, -0.2) is 56.7 Å². The molecule has 5 N–H and O–H groups in total. The summed E-state index contributed by atoms with van der Waals surface area (Å²) in [5.41, 5.74) is 0. The first-order valence-electron chi connectivity index (χ1n) is 5.17. The second kappa shape index (κ2) is 8.91. The summed E-state index contributed by atoms with van der Waals surface area (Å²) in [6.45, 7) is 8.61. The zero-order chi connectivity index (χ0) is 14.2. The first-order valence-corrected chi connectivity index (χ1v) is 5.17. The zero-order valence-corrected chi connectivity index (χ0v) is 10.4. The van der Waals surface area contributed by atoms with Gasteiger partial charge in [0.2, 0.25) is 0 Å². The van der Waals surface area contributed by atoms with E-state index >= 15 is 0 Å². The number of aliphatic hydroxyl groups is 2.